The van der Waals surface area contributed by atoms with Gasteiger partial charge in [-0.2, -0.15) is 0 Å². The molecule has 0 aliphatic heterocycles. The lowest BCUT2D eigenvalue weighted by atomic mass is 10.1. The van der Waals surface area contributed by atoms with Crippen LogP contribution in [0.25, 0.3) is 6.08 Å². The molecule has 0 fully saturated rings. The molecule has 0 saturated carbocycles. The van der Waals surface area contributed by atoms with Crippen LogP contribution in [0.4, 0.5) is 11.4 Å². The Labute approximate surface area is 139 Å². The molecule has 6 nitrogen and oxygen atoms in total. The molecule has 0 amide bonds. The van der Waals surface area contributed by atoms with E-state index in [1.54, 1.807) is 48.7 Å². The fraction of sp³-hybridized carbons (Fsp3) is 0.111. The zero-order valence-electron chi connectivity index (χ0n) is 12.9. The van der Waals surface area contributed by atoms with Gasteiger partial charge in [0.1, 0.15) is 5.75 Å². The minimum atomic E-state index is -0.443. The SMILES string of the molecule is N#COc1ccc(/C=C/C(=O)OCCc2ccc(N)cc2N)cc1. The number of esters is 1. The first-order chi connectivity index (χ1) is 11.6. The number of carbonyl (C=O) groups excluding carboxylic acids is 1. The Balaban J connectivity index is 1.81. The van der Waals surface area contributed by atoms with Crippen molar-refractivity contribution in [3.63, 3.8) is 0 Å². The molecule has 24 heavy (non-hydrogen) atoms. The third kappa shape index (κ3) is 5.07. The van der Waals surface area contributed by atoms with E-state index in [0.717, 1.165) is 11.1 Å². The zero-order valence-corrected chi connectivity index (χ0v) is 12.9. The molecule has 0 heterocycles. The second-order valence-electron chi connectivity index (χ2n) is 4.97. The van der Waals surface area contributed by atoms with Crippen molar-refractivity contribution in [2.45, 2.75) is 6.42 Å². The molecule has 0 spiro atoms. The molecule has 0 saturated heterocycles. The van der Waals surface area contributed by atoms with Crippen molar-refractivity contribution in [1.29, 1.82) is 5.26 Å². The van der Waals surface area contributed by atoms with Gasteiger partial charge < -0.3 is 20.9 Å². The largest absolute Gasteiger partial charge is 0.462 e. The Kier molecular flexibility index (Phi) is 5.81. The predicted octanol–water partition coefficient (Wildman–Crippen LogP) is 2.51. The van der Waals surface area contributed by atoms with Gasteiger partial charge in [0.25, 0.3) is 6.26 Å². The van der Waals surface area contributed by atoms with Crippen molar-refractivity contribution in [3.05, 3.63) is 59.7 Å². The van der Waals surface area contributed by atoms with Gasteiger partial charge in [-0.25, -0.2) is 4.79 Å². The van der Waals surface area contributed by atoms with Gasteiger partial charge in [0.2, 0.25) is 0 Å². The second-order valence-corrected chi connectivity index (χ2v) is 4.97. The van der Waals surface area contributed by atoms with Crippen LogP contribution < -0.4 is 16.2 Å². The summed E-state index contributed by atoms with van der Waals surface area (Å²) in [5.41, 5.74) is 14.3. The van der Waals surface area contributed by atoms with Crippen LogP contribution in [0.15, 0.2) is 48.5 Å². The number of benzene rings is 2. The van der Waals surface area contributed by atoms with Crippen molar-refractivity contribution in [2.24, 2.45) is 0 Å². The molecule has 2 aromatic carbocycles. The van der Waals surface area contributed by atoms with Crippen LogP contribution in [-0.2, 0) is 16.0 Å². The molecular weight excluding hydrogens is 306 g/mol. The van der Waals surface area contributed by atoms with Gasteiger partial charge in [-0.1, -0.05) is 18.2 Å². The number of nitrogen functional groups attached to an aromatic ring is 2. The zero-order chi connectivity index (χ0) is 17.4. The van der Waals surface area contributed by atoms with Gasteiger partial charge in [0.15, 0.2) is 0 Å². The van der Waals surface area contributed by atoms with Crippen LogP contribution in [0.3, 0.4) is 0 Å². The first kappa shape index (κ1) is 16.9. The van der Waals surface area contributed by atoms with E-state index in [-0.39, 0.29) is 6.61 Å². The molecule has 0 atom stereocenters. The molecule has 0 radical (unpaired) electrons. The molecule has 0 aromatic heterocycles. The summed E-state index contributed by atoms with van der Waals surface area (Å²) in [6, 6.07) is 12.0. The number of hydrogen-bond acceptors (Lipinski definition) is 6. The lowest BCUT2D eigenvalue weighted by Gasteiger charge is -2.06. The molecule has 4 N–H and O–H groups in total. The maximum atomic E-state index is 11.7. The topological polar surface area (TPSA) is 111 Å². The van der Waals surface area contributed by atoms with Crippen molar-refractivity contribution >= 4 is 23.4 Å². The van der Waals surface area contributed by atoms with Crippen molar-refractivity contribution in [2.75, 3.05) is 18.1 Å². The standard InChI is InChI=1S/C18H17N3O3/c19-12-24-16-6-1-13(2-7-16)3-8-18(22)23-10-9-14-4-5-15(20)11-17(14)21/h1-8,11H,9-10,20-21H2/b8-3+. The minimum Gasteiger partial charge on any atom is -0.462 e. The number of nitrogens with two attached hydrogens (primary N) is 2. The van der Waals surface area contributed by atoms with Gasteiger partial charge >= 0.3 is 5.97 Å². The molecule has 0 aliphatic rings. The Morgan fingerprint density at radius 1 is 1.17 bits per heavy atom. The summed E-state index contributed by atoms with van der Waals surface area (Å²) in [5.74, 6) is -0.000295. The molecule has 0 aliphatic carbocycles. The quantitative estimate of drug-likeness (QED) is 0.366. The molecular formula is C18H17N3O3. The van der Waals surface area contributed by atoms with Crippen molar-refractivity contribution in [1.82, 2.24) is 0 Å². The number of nitrogens with zero attached hydrogens (tertiary/aromatic N) is 1. The van der Waals surface area contributed by atoms with E-state index in [2.05, 4.69) is 4.74 Å². The summed E-state index contributed by atoms with van der Waals surface area (Å²) < 4.78 is 9.81. The highest BCUT2D eigenvalue weighted by Gasteiger charge is 2.02. The summed E-state index contributed by atoms with van der Waals surface area (Å²) in [5, 5.41) is 8.40. The fourth-order valence-corrected chi connectivity index (χ4v) is 2.01. The highest BCUT2D eigenvalue weighted by molar-refractivity contribution is 5.87. The summed E-state index contributed by atoms with van der Waals surface area (Å²) in [6.45, 7) is 0.228. The van der Waals surface area contributed by atoms with Crippen LogP contribution >= 0.6 is 0 Å². The smallest absolute Gasteiger partial charge is 0.330 e. The van der Waals surface area contributed by atoms with Crippen LogP contribution in [-0.4, -0.2) is 12.6 Å². The number of hydrogen-bond donors (Lipinski definition) is 2. The van der Waals surface area contributed by atoms with E-state index in [1.165, 1.54) is 6.08 Å². The first-order valence-electron chi connectivity index (χ1n) is 7.23. The summed E-state index contributed by atoms with van der Waals surface area (Å²) in [6.07, 6.45) is 5.07. The normalized spacial score (nSPS) is 10.3. The van der Waals surface area contributed by atoms with Gasteiger partial charge in [-0.3, -0.25) is 0 Å². The van der Waals surface area contributed by atoms with Crippen LogP contribution in [0.5, 0.6) is 5.75 Å². The third-order valence-corrected chi connectivity index (χ3v) is 3.24. The number of rotatable bonds is 6. The number of ether oxygens (including phenoxy) is 2. The van der Waals surface area contributed by atoms with Gasteiger partial charge in [0.05, 0.1) is 6.61 Å². The average molecular weight is 323 g/mol. The summed E-state index contributed by atoms with van der Waals surface area (Å²) in [7, 11) is 0. The minimum absolute atomic E-state index is 0.228. The highest BCUT2D eigenvalue weighted by Crippen LogP contribution is 2.16. The molecule has 122 valence electrons. The van der Waals surface area contributed by atoms with Gasteiger partial charge in [0, 0.05) is 23.9 Å². The van der Waals surface area contributed by atoms with E-state index in [1.807, 2.05) is 6.07 Å². The molecule has 0 bridgehead atoms. The molecule has 6 heteroatoms. The van der Waals surface area contributed by atoms with Crippen LogP contribution in [0.1, 0.15) is 11.1 Å². The number of nitriles is 1. The fourth-order valence-electron chi connectivity index (χ4n) is 2.01. The van der Waals surface area contributed by atoms with E-state index in [4.69, 9.17) is 21.5 Å². The lowest BCUT2D eigenvalue weighted by Crippen LogP contribution is -2.06. The Morgan fingerprint density at radius 2 is 1.92 bits per heavy atom. The monoisotopic (exact) mass is 323 g/mol. The van der Waals surface area contributed by atoms with Gasteiger partial charge in [-0.05, 0) is 41.5 Å². The second kappa shape index (κ2) is 8.25. The Hall–Kier alpha value is -3.46. The Bertz CT molecular complexity index is 777. The molecule has 2 aromatic rings. The number of carbonyl (C=O) groups is 1. The van der Waals surface area contributed by atoms with Crippen molar-refractivity contribution in [3.8, 4) is 12.0 Å². The number of anilines is 2. The van der Waals surface area contributed by atoms with Crippen molar-refractivity contribution < 1.29 is 14.3 Å². The van der Waals surface area contributed by atoms with Crippen LogP contribution in [0, 0.1) is 11.5 Å². The summed E-state index contributed by atoms with van der Waals surface area (Å²) >= 11 is 0. The predicted molar refractivity (Wildman–Crippen MR) is 91.6 cm³/mol. The average Bonchev–Trinajstić information content (AvgIpc) is 2.56. The van der Waals surface area contributed by atoms with E-state index >= 15 is 0 Å². The maximum Gasteiger partial charge on any atom is 0.330 e. The van der Waals surface area contributed by atoms with E-state index < -0.39 is 5.97 Å². The highest BCUT2D eigenvalue weighted by atomic mass is 16.5. The third-order valence-electron chi connectivity index (χ3n) is 3.24. The van der Waals surface area contributed by atoms with Gasteiger partial charge in [-0.15, -0.1) is 5.26 Å². The van der Waals surface area contributed by atoms with Crippen LogP contribution in [0.2, 0.25) is 0 Å². The Morgan fingerprint density at radius 3 is 2.58 bits per heavy atom. The summed E-state index contributed by atoms with van der Waals surface area (Å²) in [4.78, 5) is 11.7. The first-order valence-corrected chi connectivity index (χ1v) is 7.23. The maximum absolute atomic E-state index is 11.7. The molecule has 0 unspecified atom stereocenters. The van der Waals surface area contributed by atoms with E-state index in [0.29, 0.717) is 23.5 Å². The lowest BCUT2D eigenvalue weighted by molar-refractivity contribution is -0.137. The van der Waals surface area contributed by atoms with E-state index in [9.17, 15) is 4.79 Å². The molecule has 2 rings (SSSR count).